The minimum absolute atomic E-state index is 0.486. The second-order valence-corrected chi connectivity index (χ2v) is 7.25. The Morgan fingerprint density at radius 2 is 1.86 bits per heavy atom. The molecule has 0 spiro atoms. The first-order valence-corrected chi connectivity index (χ1v) is 10.0. The van der Waals surface area contributed by atoms with Crippen molar-refractivity contribution >= 4 is 45.3 Å². The summed E-state index contributed by atoms with van der Waals surface area (Å²) in [6.45, 7) is 4.58. The SMILES string of the molecule is CCCCCNC(=O)C(=O)N/N=C\c1cc(Br)ccc1Nc1ccccc1C. The maximum Gasteiger partial charge on any atom is 0.329 e. The summed E-state index contributed by atoms with van der Waals surface area (Å²) < 4.78 is 0.879. The molecule has 2 rings (SSSR count). The summed E-state index contributed by atoms with van der Waals surface area (Å²) in [6, 6.07) is 13.7. The second-order valence-electron chi connectivity index (χ2n) is 6.33. The summed E-state index contributed by atoms with van der Waals surface area (Å²) in [4.78, 5) is 23.6. The molecule has 0 saturated heterocycles. The Bertz CT molecular complexity index is 852. The van der Waals surface area contributed by atoms with Crippen molar-refractivity contribution in [3.05, 3.63) is 58.1 Å². The van der Waals surface area contributed by atoms with E-state index in [4.69, 9.17) is 0 Å². The number of rotatable bonds is 8. The Morgan fingerprint density at radius 1 is 1.07 bits per heavy atom. The zero-order valence-electron chi connectivity index (χ0n) is 16.1. The van der Waals surface area contributed by atoms with Gasteiger partial charge >= 0.3 is 11.8 Å². The number of halogens is 1. The van der Waals surface area contributed by atoms with Gasteiger partial charge in [-0.1, -0.05) is 53.9 Å². The monoisotopic (exact) mass is 444 g/mol. The largest absolute Gasteiger partial charge is 0.355 e. The van der Waals surface area contributed by atoms with Crippen LogP contribution in [-0.2, 0) is 9.59 Å². The highest BCUT2D eigenvalue weighted by molar-refractivity contribution is 9.10. The lowest BCUT2D eigenvalue weighted by molar-refractivity contribution is -0.139. The molecule has 0 fully saturated rings. The predicted molar refractivity (Wildman–Crippen MR) is 117 cm³/mol. The lowest BCUT2D eigenvalue weighted by atomic mass is 10.1. The van der Waals surface area contributed by atoms with Crippen molar-refractivity contribution in [1.82, 2.24) is 10.7 Å². The van der Waals surface area contributed by atoms with Gasteiger partial charge in [0.05, 0.1) is 6.21 Å². The third-order valence-corrected chi connectivity index (χ3v) is 4.56. The molecule has 2 aromatic rings. The van der Waals surface area contributed by atoms with Crippen LogP contribution in [0.4, 0.5) is 11.4 Å². The molecule has 0 radical (unpaired) electrons. The highest BCUT2D eigenvalue weighted by Crippen LogP contribution is 2.25. The van der Waals surface area contributed by atoms with Crippen molar-refractivity contribution in [2.45, 2.75) is 33.1 Å². The fourth-order valence-corrected chi connectivity index (χ4v) is 2.86. The zero-order chi connectivity index (χ0) is 20.4. The van der Waals surface area contributed by atoms with Crippen molar-refractivity contribution < 1.29 is 9.59 Å². The first-order valence-electron chi connectivity index (χ1n) is 9.24. The molecule has 0 atom stereocenters. The molecule has 0 bridgehead atoms. The van der Waals surface area contributed by atoms with Crippen LogP contribution in [0.1, 0.15) is 37.3 Å². The molecule has 28 heavy (non-hydrogen) atoms. The Morgan fingerprint density at radius 3 is 2.61 bits per heavy atom. The van der Waals surface area contributed by atoms with Gasteiger partial charge in [0.15, 0.2) is 0 Å². The summed E-state index contributed by atoms with van der Waals surface area (Å²) in [5.74, 6) is -1.46. The van der Waals surface area contributed by atoms with E-state index in [1.54, 1.807) is 0 Å². The number of aryl methyl sites for hydroxylation is 1. The molecule has 148 valence electrons. The number of unbranched alkanes of at least 4 members (excludes halogenated alkanes) is 2. The van der Waals surface area contributed by atoms with Crippen LogP contribution < -0.4 is 16.1 Å². The van der Waals surface area contributed by atoms with Crippen LogP contribution in [0, 0.1) is 6.92 Å². The fraction of sp³-hybridized carbons (Fsp3) is 0.286. The molecule has 0 saturated carbocycles. The van der Waals surface area contributed by atoms with E-state index in [0.717, 1.165) is 46.2 Å². The van der Waals surface area contributed by atoms with E-state index in [1.165, 1.54) is 6.21 Å². The molecular weight excluding hydrogens is 420 g/mol. The molecule has 0 aliphatic heterocycles. The maximum absolute atomic E-state index is 11.8. The molecule has 0 unspecified atom stereocenters. The summed E-state index contributed by atoms with van der Waals surface area (Å²) >= 11 is 3.44. The van der Waals surface area contributed by atoms with Gasteiger partial charge in [0, 0.05) is 28.0 Å². The number of carbonyl (C=O) groups excluding carboxylic acids is 2. The molecule has 0 aromatic heterocycles. The number of anilines is 2. The van der Waals surface area contributed by atoms with Gasteiger partial charge in [0.1, 0.15) is 0 Å². The predicted octanol–water partition coefficient (Wildman–Crippen LogP) is 4.26. The van der Waals surface area contributed by atoms with E-state index >= 15 is 0 Å². The molecule has 0 heterocycles. The first kappa shape index (κ1) is 21.6. The molecular formula is C21H25BrN4O2. The molecule has 2 amide bonds. The molecule has 6 nitrogen and oxygen atoms in total. The quantitative estimate of drug-likeness (QED) is 0.246. The number of benzene rings is 2. The number of hydrogen-bond donors (Lipinski definition) is 3. The number of hydrogen-bond acceptors (Lipinski definition) is 4. The third kappa shape index (κ3) is 6.81. The summed E-state index contributed by atoms with van der Waals surface area (Å²) in [6.07, 6.45) is 4.43. The fourth-order valence-electron chi connectivity index (χ4n) is 2.48. The van der Waals surface area contributed by atoms with Gasteiger partial charge in [0.2, 0.25) is 0 Å². The van der Waals surface area contributed by atoms with Crippen LogP contribution in [0.2, 0.25) is 0 Å². The van der Waals surface area contributed by atoms with E-state index in [-0.39, 0.29) is 0 Å². The van der Waals surface area contributed by atoms with Crippen molar-refractivity contribution in [2.75, 3.05) is 11.9 Å². The number of hydrazone groups is 1. The van der Waals surface area contributed by atoms with Gasteiger partial charge in [-0.25, -0.2) is 5.43 Å². The van der Waals surface area contributed by atoms with Gasteiger partial charge < -0.3 is 10.6 Å². The van der Waals surface area contributed by atoms with Crippen molar-refractivity contribution in [3.63, 3.8) is 0 Å². The molecule has 7 heteroatoms. The second kappa shape index (κ2) is 11.2. The highest BCUT2D eigenvalue weighted by Gasteiger charge is 2.11. The summed E-state index contributed by atoms with van der Waals surface area (Å²) in [5.41, 5.74) is 5.96. The van der Waals surface area contributed by atoms with Crippen molar-refractivity contribution in [2.24, 2.45) is 5.10 Å². The normalized spacial score (nSPS) is 10.7. The summed E-state index contributed by atoms with van der Waals surface area (Å²) in [7, 11) is 0. The van der Waals surface area contributed by atoms with Gasteiger partial charge in [-0.05, 0) is 43.2 Å². The maximum atomic E-state index is 11.8. The standard InChI is InChI=1S/C21H25BrN4O2/c1-3-4-7-12-23-20(27)21(28)26-24-14-16-13-17(22)10-11-19(16)25-18-9-6-5-8-15(18)2/h5-6,8-11,13-14,25H,3-4,7,12H2,1-2H3,(H,23,27)(H,26,28)/b24-14-. The Kier molecular flexibility index (Phi) is 8.68. The Balaban J connectivity index is 2.01. The number of nitrogens with one attached hydrogen (secondary N) is 3. The zero-order valence-corrected chi connectivity index (χ0v) is 17.7. The number of carbonyl (C=O) groups is 2. The van der Waals surface area contributed by atoms with Crippen LogP contribution >= 0.6 is 15.9 Å². The van der Waals surface area contributed by atoms with E-state index < -0.39 is 11.8 Å². The van der Waals surface area contributed by atoms with E-state index in [0.29, 0.717) is 6.54 Å². The van der Waals surface area contributed by atoms with Crippen LogP contribution in [0.3, 0.4) is 0 Å². The lowest BCUT2D eigenvalue weighted by Crippen LogP contribution is -2.38. The third-order valence-electron chi connectivity index (χ3n) is 4.07. The minimum Gasteiger partial charge on any atom is -0.355 e. The Hall–Kier alpha value is -2.67. The molecule has 2 aromatic carbocycles. The topological polar surface area (TPSA) is 82.6 Å². The first-order chi connectivity index (χ1) is 13.5. The number of amides is 2. The van der Waals surface area contributed by atoms with Crippen molar-refractivity contribution in [1.29, 1.82) is 0 Å². The number of nitrogens with zero attached hydrogens (tertiary/aromatic N) is 1. The molecule has 3 N–H and O–H groups in total. The van der Waals surface area contributed by atoms with Gasteiger partial charge in [-0.15, -0.1) is 0 Å². The Labute approximate surface area is 173 Å². The van der Waals surface area contributed by atoms with Gasteiger partial charge in [-0.3, -0.25) is 9.59 Å². The summed E-state index contributed by atoms with van der Waals surface area (Å²) in [5, 5.41) is 9.87. The highest BCUT2D eigenvalue weighted by atomic mass is 79.9. The van der Waals surface area contributed by atoms with Gasteiger partial charge in [-0.2, -0.15) is 5.10 Å². The molecule has 0 aliphatic carbocycles. The average Bonchev–Trinajstić information content (AvgIpc) is 2.68. The van der Waals surface area contributed by atoms with Gasteiger partial charge in [0.25, 0.3) is 0 Å². The number of para-hydroxylation sites is 1. The lowest BCUT2D eigenvalue weighted by Gasteiger charge is -2.12. The van der Waals surface area contributed by atoms with E-state index in [1.807, 2.05) is 49.4 Å². The van der Waals surface area contributed by atoms with E-state index in [9.17, 15) is 9.59 Å². The smallest absolute Gasteiger partial charge is 0.329 e. The van der Waals surface area contributed by atoms with E-state index in [2.05, 4.69) is 44.0 Å². The van der Waals surface area contributed by atoms with Crippen molar-refractivity contribution in [3.8, 4) is 0 Å². The molecule has 0 aliphatic rings. The van der Waals surface area contributed by atoms with Crippen LogP contribution in [0.25, 0.3) is 0 Å². The van der Waals surface area contributed by atoms with Crippen LogP contribution in [0.5, 0.6) is 0 Å². The average molecular weight is 445 g/mol. The van der Waals surface area contributed by atoms with Crippen LogP contribution in [-0.4, -0.2) is 24.6 Å². The van der Waals surface area contributed by atoms with Crippen LogP contribution in [0.15, 0.2) is 52.0 Å². The minimum atomic E-state index is -0.781.